The molecule has 1 aromatic rings. The van der Waals surface area contributed by atoms with Gasteiger partial charge in [-0.2, -0.15) is 0 Å². The first kappa shape index (κ1) is 12.6. The number of hydrogen-bond donors (Lipinski definition) is 1. The van der Waals surface area contributed by atoms with Crippen molar-refractivity contribution in [1.29, 1.82) is 0 Å². The number of carbonyl (C=O) groups is 1. The summed E-state index contributed by atoms with van der Waals surface area (Å²) < 4.78 is 35.9. The fourth-order valence-corrected chi connectivity index (χ4v) is 2.34. The van der Waals surface area contributed by atoms with Crippen LogP contribution in [0.1, 0.15) is 12.5 Å². The number of rotatable bonds is 4. The third kappa shape index (κ3) is 3.03. The van der Waals surface area contributed by atoms with Crippen LogP contribution in [-0.4, -0.2) is 24.7 Å². The Kier molecular flexibility index (Phi) is 3.64. The number of hydrogen-bond acceptors (Lipinski definition) is 3. The lowest BCUT2D eigenvalue weighted by atomic mass is 10.2. The van der Waals surface area contributed by atoms with Gasteiger partial charge >= 0.3 is 5.97 Å². The van der Waals surface area contributed by atoms with Crippen LogP contribution in [0.5, 0.6) is 0 Å². The van der Waals surface area contributed by atoms with Crippen molar-refractivity contribution >= 4 is 15.8 Å². The molecule has 16 heavy (non-hydrogen) atoms. The summed E-state index contributed by atoms with van der Waals surface area (Å²) in [6, 6.07) is 5.09. The molecule has 0 heterocycles. The number of carboxylic acids is 1. The van der Waals surface area contributed by atoms with Crippen molar-refractivity contribution in [2.45, 2.75) is 17.9 Å². The van der Waals surface area contributed by atoms with Gasteiger partial charge in [0.05, 0.1) is 5.75 Å². The molecule has 1 aromatic carbocycles. The average Bonchev–Trinajstić information content (AvgIpc) is 2.15. The average molecular weight is 246 g/mol. The minimum Gasteiger partial charge on any atom is -0.480 e. The van der Waals surface area contributed by atoms with Crippen LogP contribution in [0.4, 0.5) is 4.39 Å². The Morgan fingerprint density at radius 3 is 2.62 bits per heavy atom. The van der Waals surface area contributed by atoms with E-state index in [-0.39, 0.29) is 5.56 Å². The van der Waals surface area contributed by atoms with Crippen LogP contribution < -0.4 is 0 Å². The summed E-state index contributed by atoms with van der Waals surface area (Å²) in [4.78, 5) is 10.5. The molecule has 1 rings (SSSR count). The molecule has 1 unspecified atom stereocenters. The maximum atomic E-state index is 12.8. The predicted octanol–water partition coefficient (Wildman–Crippen LogP) is 1.21. The summed E-state index contributed by atoms with van der Waals surface area (Å²) in [6.45, 7) is 1.09. The zero-order chi connectivity index (χ0) is 12.3. The standard InChI is InChI=1S/C10H11FO4S/c1-7(10(12)13)16(14,15)6-8-3-2-4-9(11)5-8/h2-5,7H,6H2,1H3,(H,12,13). The Labute approximate surface area is 92.6 Å². The van der Waals surface area contributed by atoms with Gasteiger partial charge in [0, 0.05) is 0 Å². The fraction of sp³-hybridized carbons (Fsp3) is 0.300. The Hall–Kier alpha value is -1.43. The molecule has 6 heteroatoms. The minimum absolute atomic E-state index is 0.244. The molecule has 1 atom stereocenters. The van der Waals surface area contributed by atoms with Gasteiger partial charge in [0.25, 0.3) is 0 Å². The first-order valence-corrected chi connectivity index (χ1v) is 6.23. The SMILES string of the molecule is CC(C(=O)O)S(=O)(=O)Cc1cccc(F)c1. The van der Waals surface area contributed by atoms with E-state index in [4.69, 9.17) is 5.11 Å². The second-order valence-electron chi connectivity index (χ2n) is 3.42. The molecule has 0 spiro atoms. The van der Waals surface area contributed by atoms with Gasteiger partial charge in [-0.3, -0.25) is 4.79 Å². The van der Waals surface area contributed by atoms with Gasteiger partial charge in [0.15, 0.2) is 15.1 Å². The topological polar surface area (TPSA) is 71.4 Å². The summed E-state index contributed by atoms with van der Waals surface area (Å²) in [5.41, 5.74) is 0.244. The molecule has 0 saturated carbocycles. The van der Waals surface area contributed by atoms with Crippen molar-refractivity contribution in [3.05, 3.63) is 35.6 Å². The van der Waals surface area contributed by atoms with E-state index in [1.54, 1.807) is 0 Å². The Bertz CT molecular complexity index is 495. The van der Waals surface area contributed by atoms with Crippen molar-refractivity contribution in [3.63, 3.8) is 0 Å². The van der Waals surface area contributed by atoms with E-state index in [0.717, 1.165) is 13.0 Å². The molecule has 88 valence electrons. The van der Waals surface area contributed by atoms with Crippen molar-refractivity contribution in [2.75, 3.05) is 0 Å². The summed E-state index contributed by atoms with van der Waals surface area (Å²) in [5.74, 6) is -2.43. The van der Waals surface area contributed by atoms with E-state index in [0.29, 0.717) is 0 Å². The van der Waals surface area contributed by atoms with Gasteiger partial charge in [-0.05, 0) is 24.6 Å². The van der Waals surface area contributed by atoms with Gasteiger partial charge < -0.3 is 5.11 Å². The first-order chi connectivity index (χ1) is 7.33. The van der Waals surface area contributed by atoms with Crippen molar-refractivity contribution in [1.82, 2.24) is 0 Å². The zero-order valence-corrected chi connectivity index (χ0v) is 9.37. The van der Waals surface area contributed by atoms with Crippen LogP contribution in [0, 0.1) is 5.82 Å². The van der Waals surface area contributed by atoms with Gasteiger partial charge in [-0.25, -0.2) is 12.8 Å². The lowest BCUT2D eigenvalue weighted by molar-refractivity contribution is -0.136. The highest BCUT2D eigenvalue weighted by molar-refractivity contribution is 7.91. The molecule has 0 aromatic heterocycles. The fourth-order valence-electron chi connectivity index (χ4n) is 1.14. The molecular formula is C10H11FO4S. The number of benzene rings is 1. The van der Waals surface area contributed by atoms with Crippen LogP contribution in [0.3, 0.4) is 0 Å². The zero-order valence-electron chi connectivity index (χ0n) is 8.55. The number of carboxylic acid groups (broad SMARTS) is 1. The number of sulfone groups is 1. The second-order valence-corrected chi connectivity index (χ2v) is 5.74. The summed E-state index contributed by atoms with van der Waals surface area (Å²) in [7, 11) is -3.80. The van der Waals surface area contributed by atoms with Crippen LogP contribution in [-0.2, 0) is 20.4 Å². The molecule has 0 aliphatic heterocycles. The molecule has 0 aliphatic carbocycles. The lowest BCUT2D eigenvalue weighted by Gasteiger charge is -2.08. The highest BCUT2D eigenvalue weighted by Crippen LogP contribution is 2.12. The van der Waals surface area contributed by atoms with Crippen LogP contribution in [0.2, 0.25) is 0 Å². The quantitative estimate of drug-likeness (QED) is 0.866. The molecule has 1 N–H and O–H groups in total. The monoisotopic (exact) mass is 246 g/mol. The van der Waals surface area contributed by atoms with Crippen molar-refractivity contribution in [2.24, 2.45) is 0 Å². The Balaban J connectivity index is 2.93. The molecule has 0 amide bonds. The Morgan fingerprint density at radius 1 is 1.50 bits per heavy atom. The Morgan fingerprint density at radius 2 is 2.12 bits per heavy atom. The first-order valence-electron chi connectivity index (χ1n) is 4.52. The number of halogens is 1. The summed E-state index contributed by atoms with van der Waals surface area (Å²) in [6.07, 6.45) is 0. The second kappa shape index (κ2) is 4.61. The van der Waals surface area contributed by atoms with Crippen LogP contribution in [0.25, 0.3) is 0 Å². The highest BCUT2D eigenvalue weighted by Gasteiger charge is 2.27. The third-order valence-corrected chi connectivity index (χ3v) is 4.16. The lowest BCUT2D eigenvalue weighted by Crippen LogP contribution is -2.28. The maximum absolute atomic E-state index is 12.8. The molecule has 0 aliphatic rings. The van der Waals surface area contributed by atoms with Crippen LogP contribution in [0.15, 0.2) is 24.3 Å². The molecule has 0 fully saturated rings. The van der Waals surface area contributed by atoms with Gasteiger partial charge in [0.1, 0.15) is 5.82 Å². The van der Waals surface area contributed by atoms with Gasteiger partial charge in [-0.15, -0.1) is 0 Å². The molecule has 0 bridgehead atoms. The highest BCUT2D eigenvalue weighted by atomic mass is 32.2. The third-order valence-electron chi connectivity index (χ3n) is 2.14. The van der Waals surface area contributed by atoms with E-state index < -0.39 is 32.6 Å². The van der Waals surface area contributed by atoms with Crippen molar-refractivity contribution < 1.29 is 22.7 Å². The largest absolute Gasteiger partial charge is 0.480 e. The molecule has 4 nitrogen and oxygen atoms in total. The van der Waals surface area contributed by atoms with Crippen molar-refractivity contribution in [3.8, 4) is 0 Å². The summed E-state index contributed by atoms with van der Waals surface area (Å²) in [5, 5.41) is 7.11. The van der Waals surface area contributed by atoms with Crippen LogP contribution >= 0.6 is 0 Å². The van der Waals surface area contributed by atoms with Gasteiger partial charge in [-0.1, -0.05) is 12.1 Å². The maximum Gasteiger partial charge on any atom is 0.321 e. The van der Waals surface area contributed by atoms with E-state index in [1.165, 1.54) is 18.2 Å². The molecule has 0 saturated heterocycles. The minimum atomic E-state index is -3.80. The normalized spacial score (nSPS) is 13.4. The smallest absolute Gasteiger partial charge is 0.321 e. The van der Waals surface area contributed by atoms with E-state index in [9.17, 15) is 17.6 Å². The molecule has 0 radical (unpaired) electrons. The molecular weight excluding hydrogens is 235 g/mol. The summed E-state index contributed by atoms with van der Waals surface area (Å²) >= 11 is 0. The van der Waals surface area contributed by atoms with E-state index in [1.807, 2.05) is 0 Å². The van der Waals surface area contributed by atoms with E-state index in [2.05, 4.69) is 0 Å². The predicted molar refractivity (Wildman–Crippen MR) is 56.1 cm³/mol. The van der Waals surface area contributed by atoms with E-state index >= 15 is 0 Å². The number of aliphatic carboxylic acids is 1. The van der Waals surface area contributed by atoms with Gasteiger partial charge in [0.2, 0.25) is 0 Å².